The maximum Gasteiger partial charge on any atom is 0.344 e. The standard InChI is InChI=1S/C18H13Cl2NO3/c1-2-23-18(22)15-16(11-5-3-7-13(19)9-11)21-24-17(15)12-6-4-8-14(20)10-12/h3-10H,2H2,1H3. The van der Waals surface area contributed by atoms with Gasteiger partial charge in [-0.05, 0) is 31.2 Å². The fourth-order valence-corrected chi connectivity index (χ4v) is 2.72. The lowest BCUT2D eigenvalue weighted by Crippen LogP contribution is -2.06. The molecule has 4 nitrogen and oxygen atoms in total. The van der Waals surface area contributed by atoms with Crippen LogP contribution < -0.4 is 0 Å². The Kier molecular flexibility index (Phi) is 4.88. The summed E-state index contributed by atoms with van der Waals surface area (Å²) in [6.45, 7) is 1.98. The van der Waals surface area contributed by atoms with Gasteiger partial charge in [-0.15, -0.1) is 0 Å². The van der Waals surface area contributed by atoms with Gasteiger partial charge in [0.05, 0.1) is 6.61 Å². The summed E-state index contributed by atoms with van der Waals surface area (Å²) in [6, 6.07) is 14.0. The maximum absolute atomic E-state index is 12.5. The normalized spacial score (nSPS) is 10.6. The van der Waals surface area contributed by atoms with Gasteiger partial charge in [-0.1, -0.05) is 52.6 Å². The van der Waals surface area contributed by atoms with Crippen LogP contribution in [0.4, 0.5) is 0 Å². The van der Waals surface area contributed by atoms with E-state index in [1.54, 1.807) is 55.5 Å². The van der Waals surface area contributed by atoms with Crippen molar-refractivity contribution in [3.05, 3.63) is 64.1 Å². The number of carbonyl (C=O) groups excluding carboxylic acids is 1. The van der Waals surface area contributed by atoms with Crippen molar-refractivity contribution >= 4 is 29.2 Å². The third-order valence-electron chi connectivity index (χ3n) is 3.36. The molecule has 0 fully saturated rings. The summed E-state index contributed by atoms with van der Waals surface area (Å²) in [6.07, 6.45) is 0. The molecular formula is C18H13Cl2NO3. The Bertz CT molecular complexity index is 826. The highest BCUT2D eigenvalue weighted by atomic mass is 35.5. The Labute approximate surface area is 148 Å². The zero-order valence-electron chi connectivity index (χ0n) is 12.8. The number of halogens is 2. The highest BCUT2D eigenvalue weighted by molar-refractivity contribution is 6.31. The van der Waals surface area contributed by atoms with E-state index in [0.717, 1.165) is 0 Å². The second-order valence-corrected chi connectivity index (χ2v) is 5.85. The molecule has 0 saturated heterocycles. The molecule has 3 rings (SSSR count). The topological polar surface area (TPSA) is 52.3 Å². The van der Waals surface area contributed by atoms with Crippen LogP contribution >= 0.6 is 23.2 Å². The number of hydrogen-bond acceptors (Lipinski definition) is 4. The smallest absolute Gasteiger partial charge is 0.344 e. The molecule has 122 valence electrons. The molecule has 6 heteroatoms. The monoisotopic (exact) mass is 361 g/mol. The van der Waals surface area contributed by atoms with Crippen molar-refractivity contribution in [2.45, 2.75) is 6.92 Å². The molecule has 0 radical (unpaired) electrons. The largest absolute Gasteiger partial charge is 0.462 e. The SMILES string of the molecule is CCOC(=O)c1c(-c2cccc(Cl)c2)noc1-c1cccc(Cl)c1. The number of nitrogens with zero attached hydrogens (tertiary/aromatic N) is 1. The van der Waals surface area contributed by atoms with E-state index in [0.29, 0.717) is 32.6 Å². The van der Waals surface area contributed by atoms with E-state index >= 15 is 0 Å². The number of hydrogen-bond donors (Lipinski definition) is 0. The molecule has 1 heterocycles. The Balaban J connectivity index is 2.19. The summed E-state index contributed by atoms with van der Waals surface area (Å²) in [4.78, 5) is 12.5. The Morgan fingerprint density at radius 1 is 1.08 bits per heavy atom. The molecule has 0 atom stereocenters. The number of ether oxygens (including phenoxy) is 1. The van der Waals surface area contributed by atoms with E-state index in [1.807, 2.05) is 0 Å². The molecule has 0 N–H and O–H groups in total. The van der Waals surface area contributed by atoms with E-state index < -0.39 is 5.97 Å². The lowest BCUT2D eigenvalue weighted by atomic mass is 10.0. The lowest BCUT2D eigenvalue weighted by molar-refractivity contribution is 0.0527. The molecule has 3 aromatic rings. The molecular weight excluding hydrogens is 349 g/mol. The van der Waals surface area contributed by atoms with Crippen LogP contribution in [0.3, 0.4) is 0 Å². The summed E-state index contributed by atoms with van der Waals surface area (Å²) in [5.41, 5.74) is 1.95. The first kappa shape index (κ1) is 16.6. The molecule has 1 aromatic heterocycles. The molecule has 2 aromatic carbocycles. The molecule has 24 heavy (non-hydrogen) atoms. The van der Waals surface area contributed by atoms with Crippen LogP contribution in [0.25, 0.3) is 22.6 Å². The molecule has 0 bridgehead atoms. The molecule has 0 amide bonds. The summed E-state index contributed by atoms with van der Waals surface area (Å²) in [5.74, 6) is -0.199. The zero-order chi connectivity index (χ0) is 17.1. The van der Waals surface area contributed by atoms with Crippen LogP contribution in [-0.2, 0) is 4.74 Å². The Hall–Kier alpha value is -2.30. The van der Waals surface area contributed by atoms with E-state index in [4.69, 9.17) is 32.5 Å². The van der Waals surface area contributed by atoms with Crippen molar-refractivity contribution in [1.82, 2.24) is 5.16 Å². The number of rotatable bonds is 4. The fourth-order valence-electron chi connectivity index (χ4n) is 2.34. The second kappa shape index (κ2) is 7.07. The van der Waals surface area contributed by atoms with Crippen LogP contribution in [0.15, 0.2) is 53.1 Å². The predicted octanol–water partition coefficient (Wildman–Crippen LogP) is 5.49. The minimum absolute atomic E-state index is 0.244. The van der Waals surface area contributed by atoms with Gasteiger partial charge >= 0.3 is 5.97 Å². The molecule has 0 aliphatic rings. The Morgan fingerprint density at radius 3 is 2.33 bits per heavy atom. The van der Waals surface area contributed by atoms with Crippen molar-refractivity contribution < 1.29 is 14.1 Å². The molecule has 0 saturated carbocycles. The first-order valence-electron chi connectivity index (χ1n) is 7.29. The minimum Gasteiger partial charge on any atom is -0.462 e. The number of esters is 1. The van der Waals surface area contributed by atoms with E-state index in [-0.39, 0.29) is 12.2 Å². The molecule has 0 spiro atoms. The summed E-state index contributed by atoms with van der Waals surface area (Å²) >= 11 is 12.1. The van der Waals surface area contributed by atoms with E-state index in [2.05, 4.69) is 5.16 Å². The van der Waals surface area contributed by atoms with Crippen molar-refractivity contribution in [2.75, 3.05) is 6.61 Å². The third-order valence-corrected chi connectivity index (χ3v) is 3.83. The molecule has 0 aliphatic heterocycles. The molecule has 0 aliphatic carbocycles. The van der Waals surface area contributed by atoms with Gasteiger partial charge in [0.1, 0.15) is 11.3 Å². The summed E-state index contributed by atoms with van der Waals surface area (Å²) in [7, 11) is 0. The van der Waals surface area contributed by atoms with Crippen LogP contribution in [0.2, 0.25) is 10.0 Å². The van der Waals surface area contributed by atoms with Crippen molar-refractivity contribution in [3.8, 4) is 22.6 Å². The maximum atomic E-state index is 12.5. The fraction of sp³-hybridized carbons (Fsp3) is 0.111. The summed E-state index contributed by atoms with van der Waals surface area (Å²) < 4.78 is 10.6. The van der Waals surface area contributed by atoms with Gasteiger partial charge in [0.15, 0.2) is 5.76 Å². The predicted molar refractivity (Wildman–Crippen MR) is 93.4 cm³/mol. The van der Waals surface area contributed by atoms with Crippen molar-refractivity contribution in [1.29, 1.82) is 0 Å². The third kappa shape index (κ3) is 3.30. The van der Waals surface area contributed by atoms with Crippen LogP contribution in [-0.4, -0.2) is 17.7 Å². The summed E-state index contributed by atoms with van der Waals surface area (Å²) in [5, 5.41) is 5.13. The average molecular weight is 362 g/mol. The van der Waals surface area contributed by atoms with Gasteiger partial charge in [0.25, 0.3) is 0 Å². The average Bonchev–Trinajstić information content (AvgIpc) is 3.00. The minimum atomic E-state index is -0.510. The first-order valence-corrected chi connectivity index (χ1v) is 8.04. The van der Waals surface area contributed by atoms with Crippen molar-refractivity contribution in [3.63, 3.8) is 0 Å². The van der Waals surface area contributed by atoms with Gasteiger partial charge in [0.2, 0.25) is 0 Å². The quantitative estimate of drug-likeness (QED) is 0.576. The zero-order valence-corrected chi connectivity index (χ0v) is 14.3. The highest BCUT2D eigenvalue weighted by Gasteiger charge is 2.26. The van der Waals surface area contributed by atoms with Crippen LogP contribution in [0, 0.1) is 0 Å². The number of benzene rings is 2. The first-order chi connectivity index (χ1) is 11.6. The van der Waals surface area contributed by atoms with Gasteiger partial charge in [-0.3, -0.25) is 0 Å². The molecule has 0 unspecified atom stereocenters. The van der Waals surface area contributed by atoms with Crippen LogP contribution in [0.5, 0.6) is 0 Å². The lowest BCUT2D eigenvalue weighted by Gasteiger charge is -2.05. The number of aromatic nitrogens is 1. The van der Waals surface area contributed by atoms with E-state index in [1.165, 1.54) is 0 Å². The second-order valence-electron chi connectivity index (χ2n) is 4.98. The van der Waals surface area contributed by atoms with E-state index in [9.17, 15) is 4.79 Å². The van der Waals surface area contributed by atoms with Gasteiger partial charge in [0, 0.05) is 21.2 Å². The van der Waals surface area contributed by atoms with Gasteiger partial charge in [-0.2, -0.15) is 0 Å². The van der Waals surface area contributed by atoms with Gasteiger partial charge in [-0.25, -0.2) is 4.79 Å². The highest BCUT2D eigenvalue weighted by Crippen LogP contribution is 2.34. The van der Waals surface area contributed by atoms with Crippen molar-refractivity contribution in [2.24, 2.45) is 0 Å². The number of carbonyl (C=O) groups is 1. The van der Waals surface area contributed by atoms with Gasteiger partial charge < -0.3 is 9.26 Å². The Morgan fingerprint density at radius 2 is 1.71 bits per heavy atom. The van der Waals surface area contributed by atoms with Crippen LogP contribution in [0.1, 0.15) is 17.3 Å².